The van der Waals surface area contributed by atoms with Gasteiger partial charge in [0.25, 0.3) is 5.91 Å². The minimum absolute atomic E-state index is 0.130. The Kier molecular flexibility index (Phi) is 3.96. The number of hydrogen-bond acceptors (Lipinski definition) is 5. The van der Waals surface area contributed by atoms with Crippen molar-refractivity contribution in [3.05, 3.63) is 52.6 Å². The molecule has 22 heavy (non-hydrogen) atoms. The highest BCUT2D eigenvalue weighted by molar-refractivity contribution is 7.19. The average molecular weight is 316 g/mol. The molecule has 0 bridgehead atoms. The van der Waals surface area contributed by atoms with Crippen LogP contribution in [-0.4, -0.2) is 22.5 Å². The highest BCUT2D eigenvalue weighted by Crippen LogP contribution is 2.29. The van der Waals surface area contributed by atoms with E-state index in [0.717, 1.165) is 15.0 Å². The molecule has 2 N–H and O–H groups in total. The maximum absolute atomic E-state index is 12.0. The molecule has 3 aromatic rings. The number of amides is 1. The van der Waals surface area contributed by atoms with E-state index in [0.29, 0.717) is 11.6 Å². The second-order valence-electron chi connectivity index (χ2n) is 5.06. The van der Waals surface area contributed by atoms with Gasteiger partial charge in [0, 0.05) is 23.0 Å². The zero-order valence-electron chi connectivity index (χ0n) is 12.3. The van der Waals surface area contributed by atoms with E-state index in [9.17, 15) is 9.90 Å². The van der Waals surface area contributed by atoms with Crippen molar-refractivity contribution in [3.8, 4) is 0 Å². The van der Waals surface area contributed by atoms with Gasteiger partial charge in [0.15, 0.2) is 5.89 Å². The van der Waals surface area contributed by atoms with E-state index in [1.807, 2.05) is 30.3 Å². The first kappa shape index (κ1) is 14.7. The average Bonchev–Trinajstić information content (AvgIpc) is 3.07. The van der Waals surface area contributed by atoms with E-state index < -0.39 is 6.10 Å². The van der Waals surface area contributed by atoms with E-state index in [2.05, 4.69) is 10.3 Å². The predicted molar refractivity (Wildman–Crippen MR) is 85.1 cm³/mol. The molecular formula is C16H16N2O3S. The molecule has 1 aromatic carbocycles. The Balaban J connectivity index is 1.68. The lowest BCUT2D eigenvalue weighted by molar-refractivity contribution is 0.0888. The molecule has 0 saturated carbocycles. The van der Waals surface area contributed by atoms with Gasteiger partial charge < -0.3 is 14.8 Å². The third-order valence-electron chi connectivity index (χ3n) is 3.34. The molecule has 0 aliphatic carbocycles. The summed E-state index contributed by atoms with van der Waals surface area (Å²) in [5, 5.41) is 14.0. The molecule has 114 valence electrons. The van der Waals surface area contributed by atoms with E-state index in [1.165, 1.54) is 11.3 Å². The summed E-state index contributed by atoms with van der Waals surface area (Å²) in [6, 6.07) is 9.88. The molecular weight excluding hydrogens is 300 g/mol. The fraction of sp³-hybridized carbons (Fsp3) is 0.250. The van der Waals surface area contributed by atoms with Gasteiger partial charge in [0.2, 0.25) is 5.76 Å². The molecule has 0 aliphatic rings. The first-order valence-corrected chi connectivity index (χ1v) is 7.75. The molecule has 3 rings (SSSR count). The van der Waals surface area contributed by atoms with Crippen molar-refractivity contribution in [2.75, 3.05) is 6.54 Å². The number of fused-ring (bicyclic) bond motifs is 1. The zero-order chi connectivity index (χ0) is 15.7. The monoisotopic (exact) mass is 316 g/mol. The van der Waals surface area contributed by atoms with Crippen molar-refractivity contribution in [2.45, 2.75) is 20.0 Å². The molecule has 0 fully saturated rings. The van der Waals surface area contributed by atoms with Gasteiger partial charge in [0.1, 0.15) is 6.10 Å². The summed E-state index contributed by atoms with van der Waals surface area (Å²) in [6.45, 7) is 3.54. The van der Waals surface area contributed by atoms with Crippen molar-refractivity contribution >= 4 is 27.3 Å². The van der Waals surface area contributed by atoms with Gasteiger partial charge in [-0.2, -0.15) is 0 Å². The van der Waals surface area contributed by atoms with Crippen LogP contribution in [0.3, 0.4) is 0 Å². The number of rotatable bonds is 4. The fourth-order valence-electron chi connectivity index (χ4n) is 2.28. The Morgan fingerprint density at radius 2 is 2.18 bits per heavy atom. The predicted octanol–water partition coefficient (Wildman–Crippen LogP) is 2.97. The molecule has 2 aromatic heterocycles. The van der Waals surface area contributed by atoms with Crippen LogP contribution in [0.2, 0.25) is 0 Å². The smallest absolute Gasteiger partial charge is 0.289 e. The van der Waals surface area contributed by atoms with Gasteiger partial charge in [-0.25, -0.2) is 4.98 Å². The van der Waals surface area contributed by atoms with Crippen LogP contribution in [0, 0.1) is 13.8 Å². The minimum Gasteiger partial charge on any atom is -0.436 e. The zero-order valence-corrected chi connectivity index (χ0v) is 13.1. The number of thiophene rings is 1. The molecule has 0 spiro atoms. The summed E-state index contributed by atoms with van der Waals surface area (Å²) < 4.78 is 6.38. The maximum Gasteiger partial charge on any atom is 0.289 e. The van der Waals surface area contributed by atoms with E-state index in [1.54, 1.807) is 13.8 Å². The number of oxazole rings is 1. The van der Waals surface area contributed by atoms with Crippen LogP contribution in [0.4, 0.5) is 0 Å². The Hall–Kier alpha value is -2.18. The number of nitrogens with one attached hydrogen (secondary N) is 1. The summed E-state index contributed by atoms with van der Waals surface area (Å²) in [5.41, 5.74) is 0.548. The molecule has 1 amide bonds. The molecule has 0 unspecified atom stereocenters. The first-order chi connectivity index (χ1) is 10.5. The normalized spacial score (nSPS) is 12.5. The van der Waals surface area contributed by atoms with Gasteiger partial charge in [-0.1, -0.05) is 18.2 Å². The van der Waals surface area contributed by atoms with Crippen molar-refractivity contribution in [1.82, 2.24) is 10.3 Å². The van der Waals surface area contributed by atoms with Gasteiger partial charge in [0.05, 0.1) is 5.69 Å². The van der Waals surface area contributed by atoms with Crippen LogP contribution in [0.5, 0.6) is 0 Å². The van der Waals surface area contributed by atoms with Crippen LogP contribution in [0.15, 0.2) is 34.7 Å². The molecule has 0 aliphatic heterocycles. The van der Waals surface area contributed by atoms with E-state index in [4.69, 9.17) is 4.42 Å². The summed E-state index contributed by atoms with van der Waals surface area (Å²) in [6.07, 6.45) is -0.745. The lowest BCUT2D eigenvalue weighted by Crippen LogP contribution is -2.28. The number of nitrogens with zero attached hydrogens (tertiary/aromatic N) is 1. The topological polar surface area (TPSA) is 75.4 Å². The van der Waals surface area contributed by atoms with Crippen LogP contribution in [-0.2, 0) is 0 Å². The van der Waals surface area contributed by atoms with Gasteiger partial charge in [-0.3, -0.25) is 4.79 Å². The second kappa shape index (κ2) is 5.90. The SMILES string of the molecule is Cc1nc(C)c(C(=O)NC[C@H](O)c2cc3ccccc3s2)o1. The summed E-state index contributed by atoms with van der Waals surface area (Å²) >= 11 is 1.52. The number of aliphatic hydroxyl groups is 1. The lowest BCUT2D eigenvalue weighted by atomic mass is 10.2. The largest absolute Gasteiger partial charge is 0.436 e. The maximum atomic E-state index is 12.0. The summed E-state index contributed by atoms with van der Waals surface area (Å²) in [7, 11) is 0. The highest BCUT2D eigenvalue weighted by Gasteiger charge is 2.18. The second-order valence-corrected chi connectivity index (χ2v) is 6.18. The van der Waals surface area contributed by atoms with Crippen molar-refractivity contribution in [1.29, 1.82) is 0 Å². The van der Waals surface area contributed by atoms with Gasteiger partial charge in [-0.15, -0.1) is 11.3 Å². The quantitative estimate of drug-likeness (QED) is 0.776. The standard InChI is InChI=1S/C16H16N2O3S/c1-9-15(21-10(2)18-9)16(20)17-8-12(19)14-7-11-5-3-4-6-13(11)22-14/h3-7,12,19H,8H2,1-2H3,(H,17,20)/t12-/m0/s1. The van der Waals surface area contributed by atoms with Crippen molar-refractivity contribution < 1.29 is 14.3 Å². The number of aryl methyl sites for hydroxylation is 2. The molecule has 0 radical (unpaired) electrons. The van der Waals surface area contributed by atoms with Crippen LogP contribution in [0.25, 0.3) is 10.1 Å². The number of benzene rings is 1. The number of aliphatic hydroxyl groups excluding tert-OH is 1. The Morgan fingerprint density at radius 3 is 2.86 bits per heavy atom. The molecule has 5 nitrogen and oxygen atoms in total. The van der Waals surface area contributed by atoms with E-state index >= 15 is 0 Å². The fourth-order valence-corrected chi connectivity index (χ4v) is 3.33. The van der Waals surface area contributed by atoms with Crippen molar-refractivity contribution in [2.24, 2.45) is 0 Å². The van der Waals surface area contributed by atoms with E-state index in [-0.39, 0.29) is 18.2 Å². The van der Waals surface area contributed by atoms with Gasteiger partial charge in [-0.05, 0) is 24.4 Å². The number of hydrogen-bond donors (Lipinski definition) is 2. The first-order valence-electron chi connectivity index (χ1n) is 6.93. The van der Waals surface area contributed by atoms with Crippen LogP contribution in [0.1, 0.15) is 33.1 Å². The van der Waals surface area contributed by atoms with Gasteiger partial charge >= 0.3 is 0 Å². The minimum atomic E-state index is -0.745. The number of aromatic nitrogens is 1. The van der Waals surface area contributed by atoms with Crippen LogP contribution >= 0.6 is 11.3 Å². The Bertz CT molecular complexity index is 789. The highest BCUT2D eigenvalue weighted by atomic mass is 32.1. The summed E-state index contributed by atoms with van der Waals surface area (Å²) in [4.78, 5) is 16.9. The molecule has 6 heteroatoms. The lowest BCUT2D eigenvalue weighted by Gasteiger charge is -2.09. The Labute approximate surface area is 131 Å². The summed E-state index contributed by atoms with van der Waals surface area (Å²) in [5.74, 6) is 0.284. The van der Waals surface area contributed by atoms with Crippen LogP contribution < -0.4 is 5.32 Å². The molecule has 0 saturated heterocycles. The Morgan fingerprint density at radius 1 is 1.41 bits per heavy atom. The third-order valence-corrected chi connectivity index (χ3v) is 4.56. The third kappa shape index (κ3) is 2.88. The molecule has 1 atom stereocenters. The molecule has 2 heterocycles. The van der Waals surface area contributed by atoms with Crippen molar-refractivity contribution in [3.63, 3.8) is 0 Å². The number of carbonyl (C=O) groups excluding carboxylic acids is 1. The number of carbonyl (C=O) groups is 1.